The molecule has 14 heavy (non-hydrogen) atoms. The molecule has 0 spiro atoms. The summed E-state index contributed by atoms with van der Waals surface area (Å²) in [6.45, 7) is 2.34. The molecule has 2 nitrogen and oxygen atoms in total. The van der Waals surface area contributed by atoms with Gasteiger partial charge in [-0.3, -0.25) is 0 Å². The van der Waals surface area contributed by atoms with Gasteiger partial charge in [-0.05, 0) is 30.3 Å². The van der Waals surface area contributed by atoms with Crippen molar-refractivity contribution >= 4 is 24.2 Å². The maximum atomic E-state index is 4.51. The van der Waals surface area contributed by atoms with Crippen molar-refractivity contribution in [2.24, 2.45) is 5.92 Å². The Morgan fingerprint density at radius 1 is 1.36 bits per heavy atom. The second-order valence-corrected chi connectivity index (χ2v) is 5.26. The second kappa shape index (κ2) is 4.62. The van der Waals surface area contributed by atoms with Gasteiger partial charge in [0.25, 0.3) is 0 Å². The molecule has 0 unspecified atom stereocenters. The third-order valence-electron chi connectivity index (χ3n) is 2.99. The fourth-order valence-corrected chi connectivity index (χ4v) is 3.08. The lowest BCUT2D eigenvalue weighted by molar-refractivity contribution is 0.347. The summed E-state index contributed by atoms with van der Waals surface area (Å²) in [4.78, 5) is 4.51. The molecule has 0 N–H and O–H groups in total. The van der Waals surface area contributed by atoms with E-state index in [0.717, 1.165) is 11.7 Å². The molecular formula is C10H16N2S2. The number of thiol groups is 1. The van der Waals surface area contributed by atoms with Crippen LogP contribution in [0, 0.1) is 5.92 Å². The minimum atomic E-state index is 0.666. The van der Waals surface area contributed by atoms with Crippen LogP contribution in [0.2, 0.25) is 0 Å². The van der Waals surface area contributed by atoms with Gasteiger partial charge in [-0.25, -0.2) is 4.98 Å². The second-order valence-electron chi connectivity index (χ2n) is 4.16. The number of hydrogen-bond acceptors (Lipinski definition) is 4. The summed E-state index contributed by atoms with van der Waals surface area (Å²) in [5.41, 5.74) is 0. The van der Waals surface area contributed by atoms with E-state index in [0.29, 0.717) is 11.7 Å². The van der Waals surface area contributed by atoms with Gasteiger partial charge in [0.2, 0.25) is 0 Å². The normalized spacial score (nSPS) is 27.9. The summed E-state index contributed by atoms with van der Waals surface area (Å²) >= 11 is 5.76. The average Bonchev–Trinajstić information content (AvgIpc) is 2.67. The van der Waals surface area contributed by atoms with Crippen molar-refractivity contribution in [1.29, 1.82) is 0 Å². The van der Waals surface area contributed by atoms with Gasteiger partial charge in [-0.2, -0.15) is 17.0 Å². The van der Waals surface area contributed by atoms with Crippen molar-refractivity contribution in [1.82, 2.24) is 9.36 Å². The molecule has 1 aromatic rings. The van der Waals surface area contributed by atoms with Crippen LogP contribution in [-0.2, 0) is 5.75 Å². The number of aromatic nitrogens is 2. The zero-order valence-electron chi connectivity index (χ0n) is 8.44. The van der Waals surface area contributed by atoms with E-state index in [9.17, 15) is 0 Å². The van der Waals surface area contributed by atoms with Gasteiger partial charge >= 0.3 is 0 Å². The fourth-order valence-electron chi connectivity index (χ4n) is 2.00. The Labute approximate surface area is 94.7 Å². The highest BCUT2D eigenvalue weighted by molar-refractivity contribution is 7.79. The van der Waals surface area contributed by atoms with E-state index in [1.165, 1.54) is 30.7 Å². The van der Waals surface area contributed by atoms with Crippen LogP contribution in [0.1, 0.15) is 49.4 Å². The molecule has 0 aliphatic heterocycles. The van der Waals surface area contributed by atoms with Gasteiger partial charge in [0.1, 0.15) is 5.01 Å². The van der Waals surface area contributed by atoms with Crippen LogP contribution in [-0.4, -0.2) is 9.36 Å². The topological polar surface area (TPSA) is 25.8 Å². The predicted molar refractivity (Wildman–Crippen MR) is 63.0 cm³/mol. The number of hydrogen-bond donors (Lipinski definition) is 1. The smallest absolute Gasteiger partial charge is 0.152 e. The number of rotatable bonds is 2. The Kier molecular flexibility index (Phi) is 3.44. The first-order valence-electron chi connectivity index (χ1n) is 5.23. The summed E-state index contributed by atoms with van der Waals surface area (Å²) in [6.07, 6.45) is 5.28. The monoisotopic (exact) mass is 228 g/mol. The first kappa shape index (κ1) is 10.4. The molecule has 1 aromatic heterocycles. The standard InChI is InChI=1S/C10H16N2S2/c1-7-2-4-8(5-3-7)10-11-9(6-13)12-14-10/h7-8,13H,2-6H2,1H3. The summed E-state index contributed by atoms with van der Waals surface area (Å²) in [5, 5.41) is 1.24. The molecule has 1 fully saturated rings. The van der Waals surface area contributed by atoms with Crippen molar-refractivity contribution in [3.63, 3.8) is 0 Å². The van der Waals surface area contributed by atoms with Gasteiger partial charge in [-0.15, -0.1) is 0 Å². The lowest BCUT2D eigenvalue weighted by Crippen LogP contribution is -2.10. The quantitative estimate of drug-likeness (QED) is 0.786. The van der Waals surface area contributed by atoms with Gasteiger partial charge in [0.15, 0.2) is 5.82 Å². The third kappa shape index (κ3) is 2.28. The Balaban J connectivity index is 2.01. The fraction of sp³-hybridized carbons (Fsp3) is 0.800. The molecule has 0 atom stereocenters. The lowest BCUT2D eigenvalue weighted by Gasteiger charge is -2.23. The van der Waals surface area contributed by atoms with Crippen molar-refractivity contribution < 1.29 is 0 Å². The number of nitrogens with zero attached hydrogens (tertiary/aromatic N) is 2. The Morgan fingerprint density at radius 2 is 2.07 bits per heavy atom. The Morgan fingerprint density at radius 3 is 2.64 bits per heavy atom. The summed E-state index contributed by atoms with van der Waals surface area (Å²) in [6, 6.07) is 0. The minimum absolute atomic E-state index is 0.666. The predicted octanol–water partition coefficient (Wildman–Crippen LogP) is 3.26. The molecular weight excluding hydrogens is 212 g/mol. The van der Waals surface area contributed by atoms with Crippen LogP contribution in [0.25, 0.3) is 0 Å². The van der Waals surface area contributed by atoms with Gasteiger partial charge < -0.3 is 0 Å². The van der Waals surface area contributed by atoms with Crippen molar-refractivity contribution in [2.75, 3.05) is 0 Å². The van der Waals surface area contributed by atoms with E-state index in [-0.39, 0.29) is 0 Å². The van der Waals surface area contributed by atoms with Crippen molar-refractivity contribution in [3.8, 4) is 0 Å². The van der Waals surface area contributed by atoms with Crippen LogP contribution in [0.3, 0.4) is 0 Å². The van der Waals surface area contributed by atoms with Gasteiger partial charge in [0, 0.05) is 5.92 Å². The van der Waals surface area contributed by atoms with Crippen LogP contribution < -0.4 is 0 Å². The third-order valence-corrected chi connectivity index (χ3v) is 4.19. The van der Waals surface area contributed by atoms with Crippen molar-refractivity contribution in [3.05, 3.63) is 10.8 Å². The molecule has 1 saturated carbocycles. The van der Waals surface area contributed by atoms with Crippen LogP contribution in [0.15, 0.2) is 0 Å². The zero-order chi connectivity index (χ0) is 9.97. The first-order valence-corrected chi connectivity index (χ1v) is 6.63. The van der Waals surface area contributed by atoms with E-state index in [4.69, 9.17) is 0 Å². The van der Waals surface area contributed by atoms with E-state index in [1.54, 1.807) is 11.5 Å². The summed E-state index contributed by atoms with van der Waals surface area (Å²) < 4.78 is 4.28. The molecule has 0 radical (unpaired) electrons. The maximum Gasteiger partial charge on any atom is 0.152 e. The molecule has 4 heteroatoms. The zero-order valence-corrected chi connectivity index (χ0v) is 10.2. The SMILES string of the molecule is CC1CCC(c2nc(CS)ns2)CC1. The molecule has 1 aliphatic rings. The van der Waals surface area contributed by atoms with Gasteiger partial charge in [0.05, 0.1) is 5.75 Å². The molecule has 0 saturated heterocycles. The van der Waals surface area contributed by atoms with E-state index in [2.05, 4.69) is 28.9 Å². The lowest BCUT2D eigenvalue weighted by atomic mass is 9.83. The van der Waals surface area contributed by atoms with Crippen molar-refractivity contribution in [2.45, 2.75) is 44.3 Å². The highest BCUT2D eigenvalue weighted by Gasteiger charge is 2.22. The molecule has 1 aliphatic carbocycles. The molecule has 78 valence electrons. The van der Waals surface area contributed by atoms with E-state index >= 15 is 0 Å². The highest BCUT2D eigenvalue weighted by Crippen LogP contribution is 2.36. The maximum absolute atomic E-state index is 4.51. The molecule has 0 aromatic carbocycles. The average molecular weight is 228 g/mol. The van der Waals surface area contributed by atoms with E-state index in [1.807, 2.05) is 0 Å². The minimum Gasteiger partial charge on any atom is -0.223 e. The van der Waals surface area contributed by atoms with Crippen LogP contribution in [0.4, 0.5) is 0 Å². The van der Waals surface area contributed by atoms with Crippen LogP contribution >= 0.6 is 24.2 Å². The Hall–Kier alpha value is -0.0900. The Bertz CT molecular complexity index is 290. The molecule has 1 heterocycles. The van der Waals surface area contributed by atoms with E-state index < -0.39 is 0 Å². The van der Waals surface area contributed by atoms with Gasteiger partial charge in [-0.1, -0.05) is 19.8 Å². The van der Waals surface area contributed by atoms with Crippen LogP contribution in [0.5, 0.6) is 0 Å². The molecule has 2 rings (SSSR count). The first-order chi connectivity index (χ1) is 6.79. The summed E-state index contributed by atoms with van der Waals surface area (Å²) in [7, 11) is 0. The molecule has 0 bridgehead atoms. The summed E-state index contributed by atoms with van der Waals surface area (Å²) in [5.74, 6) is 3.15. The largest absolute Gasteiger partial charge is 0.223 e. The highest BCUT2D eigenvalue weighted by atomic mass is 32.1. The molecule has 0 amide bonds.